The second kappa shape index (κ2) is 7.85. The maximum atomic E-state index is 12.7. The Hall–Kier alpha value is -4.13. The minimum atomic E-state index is -0.361. The first kappa shape index (κ1) is 18.2. The molecule has 2 N–H and O–H groups in total. The summed E-state index contributed by atoms with van der Waals surface area (Å²) in [6.45, 7) is 1.51. The number of hydrogen-bond acceptors (Lipinski definition) is 6. The molecule has 4 rings (SSSR count). The van der Waals surface area contributed by atoms with Crippen LogP contribution in [0.3, 0.4) is 0 Å². The van der Waals surface area contributed by atoms with Crippen LogP contribution in [0.15, 0.2) is 73.1 Å². The number of Topliss-reactive ketones (excluding diaryl/α,β-unsaturated/α-hetero) is 1. The Morgan fingerprint density at radius 3 is 2.45 bits per heavy atom. The van der Waals surface area contributed by atoms with E-state index in [0.29, 0.717) is 22.5 Å². The number of rotatable bonds is 5. The van der Waals surface area contributed by atoms with Crippen LogP contribution in [0.2, 0.25) is 0 Å². The van der Waals surface area contributed by atoms with Crippen molar-refractivity contribution in [2.45, 2.75) is 6.92 Å². The minimum absolute atomic E-state index is 0.00519. The maximum Gasteiger partial charge on any atom is 0.274 e. The average Bonchev–Trinajstić information content (AvgIpc) is 2.74. The zero-order chi connectivity index (χ0) is 20.2. The zero-order valence-electron chi connectivity index (χ0n) is 15.6. The maximum absolute atomic E-state index is 12.7. The van der Waals surface area contributed by atoms with Crippen LogP contribution in [0, 0.1) is 0 Å². The van der Waals surface area contributed by atoms with Crippen molar-refractivity contribution in [3.8, 4) is 0 Å². The van der Waals surface area contributed by atoms with E-state index in [1.807, 2.05) is 24.3 Å². The van der Waals surface area contributed by atoms with Crippen LogP contribution >= 0.6 is 0 Å². The summed E-state index contributed by atoms with van der Waals surface area (Å²) in [5, 5.41) is 6.82. The molecule has 0 aliphatic heterocycles. The number of para-hydroxylation sites is 1. The molecule has 142 valence electrons. The Balaban J connectivity index is 1.53. The summed E-state index contributed by atoms with van der Waals surface area (Å²) in [5.41, 5.74) is 2.87. The third kappa shape index (κ3) is 4.08. The van der Waals surface area contributed by atoms with E-state index in [9.17, 15) is 9.59 Å². The highest BCUT2D eigenvalue weighted by Gasteiger charge is 2.12. The summed E-state index contributed by atoms with van der Waals surface area (Å²) in [4.78, 5) is 36.8. The minimum Gasteiger partial charge on any atom is -0.324 e. The highest BCUT2D eigenvalue weighted by atomic mass is 16.2. The van der Waals surface area contributed by atoms with Crippen LogP contribution in [-0.4, -0.2) is 26.6 Å². The quantitative estimate of drug-likeness (QED) is 0.501. The third-order valence-electron chi connectivity index (χ3n) is 4.32. The van der Waals surface area contributed by atoms with Gasteiger partial charge in [0.25, 0.3) is 5.91 Å². The number of nitrogens with one attached hydrogen (secondary N) is 2. The van der Waals surface area contributed by atoms with Gasteiger partial charge in [0.15, 0.2) is 5.78 Å². The summed E-state index contributed by atoms with van der Waals surface area (Å²) in [6.07, 6.45) is 3.19. The lowest BCUT2D eigenvalue weighted by molar-refractivity contribution is 0.101. The molecule has 7 heteroatoms. The molecule has 0 aliphatic carbocycles. The van der Waals surface area contributed by atoms with Gasteiger partial charge in [0.1, 0.15) is 5.69 Å². The van der Waals surface area contributed by atoms with E-state index in [0.717, 1.165) is 5.39 Å². The number of benzene rings is 2. The molecule has 1 amide bonds. The standard InChI is InChI=1S/C22H17N5O2/c1-14(28)15-7-9-17(10-8-15)25-22-24-13-11-19(27-22)21(29)26-18-6-2-4-16-5-3-12-23-20(16)18/h2-13H,1H3,(H,26,29)(H,24,25,27). The van der Waals surface area contributed by atoms with Gasteiger partial charge in [-0.2, -0.15) is 0 Å². The second-order valence-electron chi connectivity index (χ2n) is 6.36. The van der Waals surface area contributed by atoms with Gasteiger partial charge in [0.2, 0.25) is 5.95 Å². The highest BCUT2D eigenvalue weighted by molar-refractivity contribution is 6.07. The summed E-state index contributed by atoms with van der Waals surface area (Å²) in [5.74, 6) is -0.0841. The Morgan fingerprint density at radius 1 is 0.862 bits per heavy atom. The number of hydrogen-bond donors (Lipinski definition) is 2. The van der Waals surface area contributed by atoms with Crippen LogP contribution < -0.4 is 10.6 Å². The van der Waals surface area contributed by atoms with Crippen molar-refractivity contribution in [3.05, 3.63) is 84.3 Å². The predicted molar refractivity (Wildman–Crippen MR) is 111 cm³/mol. The Labute approximate surface area is 166 Å². The van der Waals surface area contributed by atoms with Crippen molar-refractivity contribution in [1.29, 1.82) is 0 Å². The second-order valence-corrected chi connectivity index (χ2v) is 6.36. The first-order valence-corrected chi connectivity index (χ1v) is 8.96. The summed E-state index contributed by atoms with van der Waals surface area (Å²) >= 11 is 0. The summed E-state index contributed by atoms with van der Waals surface area (Å²) in [6, 6.07) is 17.9. The fraction of sp³-hybridized carbons (Fsp3) is 0.0455. The fourth-order valence-corrected chi connectivity index (χ4v) is 2.85. The molecule has 0 fully saturated rings. The molecule has 0 radical (unpaired) electrons. The van der Waals surface area contributed by atoms with Crippen molar-refractivity contribution >= 4 is 39.9 Å². The molecule has 2 aromatic heterocycles. The molecule has 0 atom stereocenters. The Morgan fingerprint density at radius 2 is 1.66 bits per heavy atom. The first-order chi connectivity index (χ1) is 14.1. The topological polar surface area (TPSA) is 96.9 Å². The van der Waals surface area contributed by atoms with Gasteiger partial charge in [-0.15, -0.1) is 0 Å². The van der Waals surface area contributed by atoms with Gasteiger partial charge in [-0.05, 0) is 49.4 Å². The molecule has 2 aromatic carbocycles. The largest absolute Gasteiger partial charge is 0.324 e. The van der Waals surface area contributed by atoms with Crippen LogP contribution in [0.5, 0.6) is 0 Å². The molecular formula is C22H17N5O2. The third-order valence-corrected chi connectivity index (χ3v) is 4.32. The van der Waals surface area contributed by atoms with Crippen LogP contribution in [-0.2, 0) is 0 Å². The average molecular weight is 383 g/mol. The molecule has 0 saturated carbocycles. The number of fused-ring (bicyclic) bond motifs is 1. The lowest BCUT2D eigenvalue weighted by Crippen LogP contribution is -2.15. The van der Waals surface area contributed by atoms with Gasteiger partial charge in [0, 0.05) is 29.0 Å². The van der Waals surface area contributed by atoms with E-state index in [1.54, 1.807) is 36.5 Å². The molecule has 0 bridgehead atoms. The highest BCUT2D eigenvalue weighted by Crippen LogP contribution is 2.21. The van der Waals surface area contributed by atoms with Crippen LogP contribution in [0.4, 0.5) is 17.3 Å². The number of nitrogens with zero attached hydrogens (tertiary/aromatic N) is 3. The van der Waals surface area contributed by atoms with E-state index in [-0.39, 0.29) is 23.3 Å². The molecule has 0 saturated heterocycles. The smallest absolute Gasteiger partial charge is 0.274 e. The van der Waals surface area contributed by atoms with Gasteiger partial charge < -0.3 is 10.6 Å². The zero-order valence-corrected chi connectivity index (χ0v) is 15.6. The van der Waals surface area contributed by atoms with E-state index < -0.39 is 0 Å². The van der Waals surface area contributed by atoms with Gasteiger partial charge >= 0.3 is 0 Å². The van der Waals surface area contributed by atoms with Gasteiger partial charge in [-0.25, -0.2) is 9.97 Å². The molecular weight excluding hydrogens is 366 g/mol. The van der Waals surface area contributed by atoms with Gasteiger partial charge in [-0.1, -0.05) is 18.2 Å². The van der Waals surface area contributed by atoms with Gasteiger partial charge in [0.05, 0.1) is 11.2 Å². The number of anilines is 3. The Kier molecular flexibility index (Phi) is 4.94. The predicted octanol–water partition coefficient (Wildman–Crippen LogP) is 4.22. The molecule has 0 spiro atoms. The Bertz CT molecular complexity index is 1200. The van der Waals surface area contributed by atoms with Crippen molar-refractivity contribution < 1.29 is 9.59 Å². The van der Waals surface area contributed by atoms with Crippen LogP contribution in [0.1, 0.15) is 27.8 Å². The van der Waals surface area contributed by atoms with Crippen LogP contribution in [0.25, 0.3) is 10.9 Å². The van der Waals surface area contributed by atoms with Crippen molar-refractivity contribution in [1.82, 2.24) is 15.0 Å². The molecule has 0 aliphatic rings. The van der Waals surface area contributed by atoms with E-state index >= 15 is 0 Å². The van der Waals surface area contributed by atoms with E-state index in [4.69, 9.17) is 0 Å². The van der Waals surface area contributed by atoms with Gasteiger partial charge in [-0.3, -0.25) is 14.6 Å². The summed E-state index contributed by atoms with van der Waals surface area (Å²) in [7, 11) is 0. The molecule has 2 heterocycles. The summed E-state index contributed by atoms with van der Waals surface area (Å²) < 4.78 is 0. The van der Waals surface area contributed by atoms with Crippen molar-refractivity contribution in [2.75, 3.05) is 10.6 Å². The number of amides is 1. The van der Waals surface area contributed by atoms with Crippen molar-refractivity contribution in [3.63, 3.8) is 0 Å². The monoisotopic (exact) mass is 383 g/mol. The normalized spacial score (nSPS) is 10.5. The lowest BCUT2D eigenvalue weighted by Gasteiger charge is -2.09. The fourth-order valence-electron chi connectivity index (χ4n) is 2.85. The number of aromatic nitrogens is 3. The molecule has 0 unspecified atom stereocenters. The lowest BCUT2D eigenvalue weighted by atomic mass is 10.1. The van der Waals surface area contributed by atoms with E-state index in [1.165, 1.54) is 19.2 Å². The number of pyridine rings is 1. The first-order valence-electron chi connectivity index (χ1n) is 8.96. The molecule has 29 heavy (non-hydrogen) atoms. The SMILES string of the molecule is CC(=O)c1ccc(Nc2nccc(C(=O)Nc3cccc4cccnc34)n2)cc1. The molecule has 7 nitrogen and oxygen atoms in total. The number of carbonyl (C=O) groups is 2. The number of ketones is 1. The van der Waals surface area contributed by atoms with Crippen molar-refractivity contribution in [2.24, 2.45) is 0 Å². The number of carbonyl (C=O) groups excluding carboxylic acids is 2. The van der Waals surface area contributed by atoms with E-state index in [2.05, 4.69) is 25.6 Å². The molecule has 4 aromatic rings.